The van der Waals surface area contributed by atoms with E-state index in [1.165, 1.54) is 11.6 Å². The second-order valence-corrected chi connectivity index (χ2v) is 4.82. The molecular weight excluding hydrogens is 277 g/mol. The van der Waals surface area contributed by atoms with E-state index in [2.05, 4.69) is 0 Å². The second-order valence-electron chi connectivity index (χ2n) is 4.07. The Morgan fingerprint density at radius 1 is 1.17 bits per heavy atom. The van der Waals surface area contributed by atoms with Crippen molar-refractivity contribution in [2.24, 2.45) is 14.1 Å². The Morgan fingerprint density at radius 3 is 2.22 bits per heavy atom. The number of hydrogen-bond donors (Lipinski definition) is 0. The predicted molar refractivity (Wildman–Crippen MR) is 73.6 cm³/mol. The van der Waals surface area contributed by atoms with E-state index >= 15 is 0 Å². The minimum absolute atomic E-state index is 0.271. The zero-order valence-corrected chi connectivity index (χ0v) is 12.0. The molecule has 0 aliphatic rings. The molecule has 0 bridgehead atoms. The molecule has 0 aliphatic heterocycles. The first-order chi connectivity index (χ1) is 8.51. The minimum Gasteiger partial charge on any atom is -0.303 e. The summed E-state index contributed by atoms with van der Waals surface area (Å²) in [4.78, 5) is 25.5. The van der Waals surface area contributed by atoms with Crippen LogP contribution < -0.4 is 11.2 Å². The van der Waals surface area contributed by atoms with Gasteiger partial charge in [-0.2, -0.15) is 0 Å². The Kier molecular flexibility index (Phi) is 5.91. The van der Waals surface area contributed by atoms with Crippen molar-refractivity contribution < 1.29 is 0 Å². The Labute approximate surface area is 116 Å². The topological polar surface area (TPSA) is 47.2 Å². The van der Waals surface area contributed by atoms with Crippen molar-refractivity contribution in [3.05, 3.63) is 32.6 Å². The van der Waals surface area contributed by atoms with E-state index in [4.69, 9.17) is 23.2 Å². The maximum atomic E-state index is 11.9. The zero-order chi connectivity index (χ0) is 13.7. The monoisotopic (exact) mass is 293 g/mol. The third-order valence-electron chi connectivity index (χ3n) is 2.71. The lowest BCUT2D eigenvalue weighted by Crippen LogP contribution is -2.40. The molecule has 102 valence electrons. The maximum Gasteiger partial charge on any atom is 0.330 e. The molecule has 1 rings (SSSR count). The Hall–Kier alpha value is -0.780. The van der Waals surface area contributed by atoms with Crippen molar-refractivity contribution in [1.82, 2.24) is 14.0 Å². The summed E-state index contributed by atoms with van der Waals surface area (Å²) in [5.41, 5.74) is -0.0351. The maximum absolute atomic E-state index is 11.9. The SMILES string of the molecule is Cn1cc(CN(CCCl)CCCl)c(=O)n(C)c1=O. The van der Waals surface area contributed by atoms with Gasteiger partial charge in [-0.15, -0.1) is 23.2 Å². The van der Waals surface area contributed by atoms with E-state index in [1.807, 2.05) is 4.90 Å². The van der Waals surface area contributed by atoms with Crippen LogP contribution in [0, 0.1) is 0 Å². The van der Waals surface area contributed by atoms with Gasteiger partial charge in [0.15, 0.2) is 0 Å². The number of aromatic nitrogens is 2. The van der Waals surface area contributed by atoms with Crippen LogP contribution >= 0.6 is 23.2 Å². The van der Waals surface area contributed by atoms with Gasteiger partial charge in [0, 0.05) is 57.2 Å². The quantitative estimate of drug-likeness (QED) is 0.712. The van der Waals surface area contributed by atoms with Crippen LogP contribution in [0.3, 0.4) is 0 Å². The molecule has 0 radical (unpaired) electrons. The van der Waals surface area contributed by atoms with Gasteiger partial charge in [-0.3, -0.25) is 14.3 Å². The molecule has 0 amide bonds. The Morgan fingerprint density at radius 2 is 1.72 bits per heavy atom. The van der Waals surface area contributed by atoms with E-state index < -0.39 is 0 Å². The van der Waals surface area contributed by atoms with Crippen LogP contribution in [0.25, 0.3) is 0 Å². The van der Waals surface area contributed by atoms with Gasteiger partial charge in [0.1, 0.15) is 0 Å². The van der Waals surface area contributed by atoms with Gasteiger partial charge in [0.25, 0.3) is 5.56 Å². The molecule has 1 aromatic rings. The number of halogens is 2. The van der Waals surface area contributed by atoms with Gasteiger partial charge in [-0.05, 0) is 0 Å². The molecule has 0 N–H and O–H groups in total. The summed E-state index contributed by atoms with van der Waals surface area (Å²) in [6, 6.07) is 0. The molecule has 0 atom stereocenters. The highest BCUT2D eigenvalue weighted by molar-refractivity contribution is 6.18. The van der Waals surface area contributed by atoms with Crippen molar-refractivity contribution in [3.8, 4) is 0 Å². The normalized spacial score (nSPS) is 11.2. The molecule has 0 saturated carbocycles. The van der Waals surface area contributed by atoms with E-state index in [1.54, 1.807) is 13.2 Å². The van der Waals surface area contributed by atoms with Gasteiger partial charge in [-0.25, -0.2) is 4.79 Å². The molecule has 0 aliphatic carbocycles. The standard InChI is InChI=1S/C11H17Cl2N3O2/c1-14-7-9(10(17)15(2)11(14)18)8-16(5-3-12)6-4-13/h7H,3-6,8H2,1-2H3. The van der Waals surface area contributed by atoms with E-state index in [0.717, 1.165) is 4.57 Å². The third-order valence-corrected chi connectivity index (χ3v) is 3.05. The number of nitrogens with zero attached hydrogens (tertiary/aromatic N) is 3. The Balaban J connectivity index is 3.03. The molecule has 18 heavy (non-hydrogen) atoms. The summed E-state index contributed by atoms with van der Waals surface area (Å²) < 4.78 is 2.51. The fraction of sp³-hybridized carbons (Fsp3) is 0.636. The molecule has 5 nitrogen and oxygen atoms in total. The van der Waals surface area contributed by atoms with Crippen LogP contribution in [0.4, 0.5) is 0 Å². The molecule has 0 fully saturated rings. The highest BCUT2D eigenvalue weighted by atomic mass is 35.5. The summed E-state index contributed by atoms with van der Waals surface area (Å²) in [7, 11) is 3.10. The van der Waals surface area contributed by atoms with Gasteiger partial charge in [0.2, 0.25) is 0 Å². The number of aryl methyl sites for hydroxylation is 1. The molecular formula is C11H17Cl2N3O2. The molecule has 1 aromatic heterocycles. The molecule has 0 saturated heterocycles. The van der Waals surface area contributed by atoms with Crippen LogP contribution in [0.5, 0.6) is 0 Å². The molecule has 7 heteroatoms. The van der Waals surface area contributed by atoms with Crippen LogP contribution in [-0.4, -0.2) is 38.9 Å². The fourth-order valence-electron chi connectivity index (χ4n) is 1.74. The lowest BCUT2D eigenvalue weighted by atomic mass is 10.3. The summed E-state index contributed by atoms with van der Waals surface area (Å²) in [5, 5.41) is 0. The summed E-state index contributed by atoms with van der Waals surface area (Å²) in [6.45, 7) is 1.75. The first-order valence-electron chi connectivity index (χ1n) is 5.61. The molecule has 0 unspecified atom stereocenters. The lowest BCUT2D eigenvalue weighted by Gasteiger charge is -2.20. The van der Waals surface area contributed by atoms with Crippen LogP contribution in [0.1, 0.15) is 5.56 Å². The minimum atomic E-state index is -0.329. The van der Waals surface area contributed by atoms with E-state index in [-0.39, 0.29) is 11.2 Å². The summed E-state index contributed by atoms with van der Waals surface area (Å²) in [6.07, 6.45) is 1.57. The van der Waals surface area contributed by atoms with E-state index in [0.29, 0.717) is 37.0 Å². The largest absolute Gasteiger partial charge is 0.330 e. The molecule has 0 spiro atoms. The fourth-order valence-corrected chi connectivity index (χ4v) is 2.22. The predicted octanol–water partition coefficient (Wildman–Crippen LogP) is 0.364. The van der Waals surface area contributed by atoms with Crippen molar-refractivity contribution in [1.29, 1.82) is 0 Å². The second kappa shape index (κ2) is 6.97. The van der Waals surface area contributed by atoms with Gasteiger partial charge in [0.05, 0.1) is 0 Å². The van der Waals surface area contributed by atoms with Crippen LogP contribution in [-0.2, 0) is 20.6 Å². The summed E-state index contributed by atoms with van der Waals surface area (Å²) in [5.74, 6) is 0.950. The first-order valence-corrected chi connectivity index (χ1v) is 6.68. The van der Waals surface area contributed by atoms with Crippen molar-refractivity contribution >= 4 is 23.2 Å². The highest BCUT2D eigenvalue weighted by Gasteiger charge is 2.11. The van der Waals surface area contributed by atoms with Crippen molar-refractivity contribution in [3.63, 3.8) is 0 Å². The molecule has 0 aromatic carbocycles. The van der Waals surface area contributed by atoms with Crippen LogP contribution in [0.2, 0.25) is 0 Å². The smallest absolute Gasteiger partial charge is 0.303 e. The molecule has 1 heterocycles. The van der Waals surface area contributed by atoms with Crippen LogP contribution in [0.15, 0.2) is 15.8 Å². The number of hydrogen-bond acceptors (Lipinski definition) is 3. The Bertz CT molecular complexity index is 504. The highest BCUT2D eigenvalue weighted by Crippen LogP contribution is 1.99. The number of alkyl halides is 2. The van der Waals surface area contributed by atoms with E-state index in [9.17, 15) is 9.59 Å². The van der Waals surface area contributed by atoms with Gasteiger partial charge in [-0.1, -0.05) is 0 Å². The summed E-state index contributed by atoms with van der Waals surface area (Å²) >= 11 is 11.4. The first kappa shape index (κ1) is 15.3. The zero-order valence-electron chi connectivity index (χ0n) is 10.5. The number of rotatable bonds is 6. The van der Waals surface area contributed by atoms with Crippen molar-refractivity contribution in [2.45, 2.75) is 6.54 Å². The van der Waals surface area contributed by atoms with Gasteiger partial charge < -0.3 is 4.57 Å². The van der Waals surface area contributed by atoms with Crippen molar-refractivity contribution in [2.75, 3.05) is 24.8 Å². The lowest BCUT2D eigenvalue weighted by molar-refractivity contribution is 0.296. The van der Waals surface area contributed by atoms with Gasteiger partial charge >= 0.3 is 5.69 Å². The average Bonchev–Trinajstić information content (AvgIpc) is 2.34. The third kappa shape index (κ3) is 3.60. The average molecular weight is 294 g/mol.